The Bertz CT molecular complexity index is 410. The van der Waals surface area contributed by atoms with E-state index in [0.717, 1.165) is 13.1 Å². The molecule has 1 aromatic rings. The molecule has 0 N–H and O–H groups in total. The number of benzene rings is 1. The molecule has 0 radical (unpaired) electrons. The fourth-order valence-electron chi connectivity index (χ4n) is 2.89. The minimum absolute atomic E-state index is 0.00168. The van der Waals surface area contributed by atoms with Crippen LogP contribution in [-0.4, -0.2) is 41.9 Å². The molecule has 1 aliphatic rings. The van der Waals surface area contributed by atoms with Crippen LogP contribution in [0.25, 0.3) is 0 Å². The third-order valence-electron chi connectivity index (χ3n) is 4.18. The summed E-state index contributed by atoms with van der Waals surface area (Å²) in [5, 5.41) is 0. The third-order valence-corrected chi connectivity index (χ3v) is 4.18. The zero-order chi connectivity index (χ0) is 14.4. The Kier molecular flexibility index (Phi) is 5.60. The first-order valence-electron chi connectivity index (χ1n) is 7.71. The van der Waals surface area contributed by atoms with Gasteiger partial charge in [-0.05, 0) is 38.4 Å². The van der Waals surface area contributed by atoms with Gasteiger partial charge in [-0.1, -0.05) is 43.2 Å². The summed E-state index contributed by atoms with van der Waals surface area (Å²) >= 11 is 0. The van der Waals surface area contributed by atoms with Crippen molar-refractivity contribution in [2.75, 3.05) is 20.1 Å². The molecule has 0 spiro atoms. The molecule has 0 aliphatic carbocycles. The van der Waals surface area contributed by atoms with Crippen LogP contribution in [0.5, 0.6) is 0 Å². The number of likely N-dealkylation sites (tertiary alicyclic amines) is 1. The Morgan fingerprint density at radius 3 is 2.35 bits per heavy atom. The molecule has 110 valence electrons. The van der Waals surface area contributed by atoms with Crippen molar-refractivity contribution in [2.45, 2.75) is 45.2 Å². The van der Waals surface area contributed by atoms with Crippen molar-refractivity contribution < 1.29 is 4.79 Å². The molecule has 1 heterocycles. The second-order valence-electron chi connectivity index (χ2n) is 5.81. The summed E-state index contributed by atoms with van der Waals surface area (Å²) < 4.78 is 0. The second kappa shape index (κ2) is 7.44. The highest BCUT2D eigenvalue weighted by Crippen LogP contribution is 2.14. The molecular formula is C17H26N2O. The Labute approximate surface area is 122 Å². The Morgan fingerprint density at radius 2 is 1.75 bits per heavy atom. The molecule has 0 saturated carbocycles. The lowest BCUT2D eigenvalue weighted by Crippen LogP contribution is -2.45. The topological polar surface area (TPSA) is 23.6 Å². The van der Waals surface area contributed by atoms with Gasteiger partial charge in [0, 0.05) is 13.6 Å². The lowest BCUT2D eigenvalue weighted by atomic mass is 10.2. The molecule has 1 saturated heterocycles. The van der Waals surface area contributed by atoms with Gasteiger partial charge < -0.3 is 4.90 Å². The number of hydrogen-bond donors (Lipinski definition) is 0. The molecule has 3 nitrogen and oxygen atoms in total. The van der Waals surface area contributed by atoms with Gasteiger partial charge in [-0.2, -0.15) is 0 Å². The average molecular weight is 274 g/mol. The zero-order valence-electron chi connectivity index (χ0n) is 12.7. The van der Waals surface area contributed by atoms with E-state index in [1.54, 1.807) is 0 Å². The predicted molar refractivity (Wildman–Crippen MR) is 82.4 cm³/mol. The fourth-order valence-corrected chi connectivity index (χ4v) is 2.89. The van der Waals surface area contributed by atoms with Gasteiger partial charge in [0.05, 0.1) is 6.04 Å². The van der Waals surface area contributed by atoms with E-state index in [-0.39, 0.29) is 11.9 Å². The molecule has 0 bridgehead atoms. The summed E-state index contributed by atoms with van der Waals surface area (Å²) in [4.78, 5) is 16.7. The Balaban J connectivity index is 1.91. The number of carbonyl (C=O) groups excluding carboxylic acids is 1. The summed E-state index contributed by atoms with van der Waals surface area (Å²) in [5.41, 5.74) is 1.19. The first kappa shape index (κ1) is 15.0. The minimum atomic E-state index is 0.00168. The van der Waals surface area contributed by atoms with Crippen LogP contribution in [0.3, 0.4) is 0 Å². The van der Waals surface area contributed by atoms with Crippen molar-refractivity contribution in [3.63, 3.8) is 0 Å². The number of rotatable bonds is 4. The zero-order valence-corrected chi connectivity index (χ0v) is 12.7. The van der Waals surface area contributed by atoms with Crippen LogP contribution in [0.1, 0.15) is 38.2 Å². The maximum absolute atomic E-state index is 12.5. The highest BCUT2D eigenvalue weighted by molar-refractivity contribution is 5.81. The summed E-state index contributed by atoms with van der Waals surface area (Å²) in [6.45, 7) is 4.87. The maximum Gasteiger partial charge on any atom is 0.239 e. The predicted octanol–water partition coefficient (Wildman–Crippen LogP) is 2.91. The molecule has 3 heteroatoms. The van der Waals surface area contributed by atoms with E-state index in [4.69, 9.17) is 0 Å². The van der Waals surface area contributed by atoms with Gasteiger partial charge in [-0.15, -0.1) is 0 Å². The number of amides is 1. The van der Waals surface area contributed by atoms with Crippen LogP contribution in [0, 0.1) is 0 Å². The smallest absolute Gasteiger partial charge is 0.239 e. The molecule has 20 heavy (non-hydrogen) atoms. The largest absolute Gasteiger partial charge is 0.340 e. The van der Waals surface area contributed by atoms with E-state index >= 15 is 0 Å². The first-order chi connectivity index (χ1) is 9.68. The van der Waals surface area contributed by atoms with Gasteiger partial charge in [0.15, 0.2) is 0 Å². The van der Waals surface area contributed by atoms with Gasteiger partial charge in [0.2, 0.25) is 5.91 Å². The maximum atomic E-state index is 12.5. The lowest BCUT2D eigenvalue weighted by Gasteiger charge is -2.30. The van der Waals surface area contributed by atoms with E-state index in [1.165, 1.54) is 31.2 Å². The first-order valence-corrected chi connectivity index (χ1v) is 7.71. The standard InChI is InChI=1S/C17H26N2O/c1-15(19-12-8-3-4-9-13-19)17(20)18(2)14-16-10-6-5-7-11-16/h5-7,10-11,15H,3-4,8-9,12-14H2,1-2H3. The van der Waals surface area contributed by atoms with Crippen molar-refractivity contribution in [3.8, 4) is 0 Å². The van der Waals surface area contributed by atoms with Gasteiger partial charge in [-0.3, -0.25) is 9.69 Å². The van der Waals surface area contributed by atoms with Gasteiger partial charge in [-0.25, -0.2) is 0 Å². The van der Waals surface area contributed by atoms with Crippen LogP contribution in [0.15, 0.2) is 30.3 Å². The normalized spacial score (nSPS) is 18.3. The fraction of sp³-hybridized carbons (Fsp3) is 0.588. The van der Waals surface area contributed by atoms with Gasteiger partial charge in [0.25, 0.3) is 0 Å². The molecule has 1 unspecified atom stereocenters. The summed E-state index contributed by atoms with van der Waals surface area (Å²) in [6, 6.07) is 10.2. The minimum Gasteiger partial charge on any atom is -0.340 e. The highest BCUT2D eigenvalue weighted by atomic mass is 16.2. The van der Waals surface area contributed by atoms with Crippen molar-refractivity contribution in [3.05, 3.63) is 35.9 Å². The molecule has 1 aromatic carbocycles. The summed E-state index contributed by atoms with van der Waals surface area (Å²) in [7, 11) is 1.91. The average Bonchev–Trinajstić information content (AvgIpc) is 2.75. The summed E-state index contributed by atoms with van der Waals surface area (Å²) in [5.74, 6) is 0.232. The van der Waals surface area contributed by atoms with E-state index in [1.807, 2.05) is 30.1 Å². The molecule has 1 aliphatic heterocycles. The molecule has 1 atom stereocenters. The Morgan fingerprint density at radius 1 is 1.15 bits per heavy atom. The van der Waals surface area contributed by atoms with Gasteiger partial charge in [0.1, 0.15) is 0 Å². The highest BCUT2D eigenvalue weighted by Gasteiger charge is 2.24. The molecular weight excluding hydrogens is 248 g/mol. The monoisotopic (exact) mass is 274 g/mol. The van der Waals surface area contributed by atoms with Crippen molar-refractivity contribution >= 4 is 5.91 Å². The summed E-state index contributed by atoms with van der Waals surface area (Å²) in [6.07, 6.45) is 5.05. The van der Waals surface area contributed by atoms with E-state index in [0.29, 0.717) is 6.54 Å². The second-order valence-corrected chi connectivity index (χ2v) is 5.81. The van der Waals surface area contributed by atoms with Crippen molar-refractivity contribution in [1.29, 1.82) is 0 Å². The van der Waals surface area contributed by atoms with Gasteiger partial charge >= 0.3 is 0 Å². The van der Waals surface area contributed by atoms with Crippen LogP contribution < -0.4 is 0 Å². The quantitative estimate of drug-likeness (QED) is 0.843. The van der Waals surface area contributed by atoms with Crippen molar-refractivity contribution in [2.24, 2.45) is 0 Å². The van der Waals surface area contributed by atoms with Crippen molar-refractivity contribution in [1.82, 2.24) is 9.80 Å². The van der Waals surface area contributed by atoms with E-state index in [2.05, 4.69) is 24.0 Å². The third kappa shape index (κ3) is 4.07. The van der Waals surface area contributed by atoms with Crippen LogP contribution in [0.4, 0.5) is 0 Å². The van der Waals surface area contributed by atoms with Crippen LogP contribution in [0.2, 0.25) is 0 Å². The lowest BCUT2D eigenvalue weighted by molar-refractivity contribution is -0.135. The van der Waals surface area contributed by atoms with E-state index < -0.39 is 0 Å². The Hall–Kier alpha value is -1.35. The SMILES string of the molecule is CC(C(=O)N(C)Cc1ccccc1)N1CCCCCC1. The van der Waals surface area contributed by atoms with E-state index in [9.17, 15) is 4.79 Å². The molecule has 2 rings (SSSR count). The number of likely N-dealkylation sites (N-methyl/N-ethyl adjacent to an activating group) is 1. The molecule has 0 aromatic heterocycles. The number of hydrogen-bond acceptors (Lipinski definition) is 2. The number of nitrogens with zero attached hydrogens (tertiary/aromatic N) is 2. The molecule has 1 amide bonds. The number of carbonyl (C=O) groups is 1. The van der Waals surface area contributed by atoms with Crippen LogP contribution in [-0.2, 0) is 11.3 Å². The molecule has 1 fully saturated rings. The van der Waals surface area contributed by atoms with Crippen LogP contribution >= 0.6 is 0 Å².